The topological polar surface area (TPSA) is 103 Å². The maximum absolute atomic E-state index is 14.8. The minimum absolute atomic E-state index is 0.120. The van der Waals surface area contributed by atoms with Crippen LogP contribution >= 0.6 is 0 Å². The Bertz CT molecular complexity index is 1200. The first-order valence-electron chi connectivity index (χ1n) is 12.4. The van der Waals surface area contributed by atoms with Crippen molar-refractivity contribution in [1.82, 2.24) is 20.2 Å². The highest BCUT2D eigenvalue weighted by Gasteiger charge is 2.48. The molecule has 2 amide bonds. The van der Waals surface area contributed by atoms with E-state index in [2.05, 4.69) is 25.5 Å². The zero-order chi connectivity index (χ0) is 26.3. The maximum atomic E-state index is 14.8. The number of fused-ring (bicyclic) bond motifs is 1. The fraction of sp³-hybridized carbons (Fsp3) is 0.520. The van der Waals surface area contributed by atoms with Gasteiger partial charge >= 0.3 is 5.92 Å². The Morgan fingerprint density at radius 1 is 1.19 bits per heavy atom. The van der Waals surface area contributed by atoms with E-state index < -0.39 is 18.4 Å². The van der Waals surface area contributed by atoms with Gasteiger partial charge in [-0.15, -0.1) is 0 Å². The molecule has 37 heavy (non-hydrogen) atoms. The highest BCUT2D eigenvalue weighted by Crippen LogP contribution is 2.40. The van der Waals surface area contributed by atoms with E-state index in [0.717, 1.165) is 43.7 Å². The first-order valence-corrected chi connectivity index (χ1v) is 12.4. The average molecular weight is 516 g/mol. The number of methoxy groups -OCH3 is 1. The number of halogens is 2. The summed E-state index contributed by atoms with van der Waals surface area (Å²) in [6, 6.07) is 4.98. The number of hydrogen-bond donors (Lipinski definition) is 2. The first kappa shape index (κ1) is 25.1. The van der Waals surface area contributed by atoms with E-state index in [4.69, 9.17) is 4.74 Å². The van der Waals surface area contributed by atoms with Crippen LogP contribution in [0.2, 0.25) is 0 Å². The van der Waals surface area contributed by atoms with Gasteiger partial charge in [0.05, 0.1) is 31.6 Å². The molecule has 12 heteroatoms. The van der Waals surface area contributed by atoms with Crippen molar-refractivity contribution in [3.8, 4) is 5.75 Å². The van der Waals surface area contributed by atoms with E-state index in [1.807, 2.05) is 7.05 Å². The van der Waals surface area contributed by atoms with Crippen LogP contribution in [0, 0.1) is 0 Å². The highest BCUT2D eigenvalue weighted by molar-refractivity contribution is 6.02. The number of aromatic nitrogens is 2. The van der Waals surface area contributed by atoms with E-state index in [0.29, 0.717) is 17.0 Å². The van der Waals surface area contributed by atoms with Gasteiger partial charge in [0.15, 0.2) is 5.82 Å². The van der Waals surface area contributed by atoms with Gasteiger partial charge in [-0.1, -0.05) is 12.8 Å². The number of ether oxygens (including phenoxy) is 1. The molecular weight excluding hydrogens is 484 g/mol. The molecule has 1 saturated carbocycles. The Labute approximate surface area is 214 Å². The van der Waals surface area contributed by atoms with E-state index in [-0.39, 0.29) is 35.4 Å². The quantitative estimate of drug-likeness (QED) is 0.606. The number of hydrogen-bond acceptors (Lipinski definition) is 8. The third-order valence-electron chi connectivity index (χ3n) is 7.24. The summed E-state index contributed by atoms with van der Waals surface area (Å²) in [6.45, 7) is 0.889. The lowest BCUT2D eigenvalue weighted by atomic mass is 10.1. The molecule has 0 atom stereocenters. The van der Waals surface area contributed by atoms with Crippen molar-refractivity contribution in [2.24, 2.45) is 0 Å². The Morgan fingerprint density at radius 2 is 1.92 bits per heavy atom. The lowest BCUT2D eigenvalue weighted by molar-refractivity contribution is -0.140. The molecule has 198 valence electrons. The summed E-state index contributed by atoms with van der Waals surface area (Å²) in [4.78, 5) is 38.6. The van der Waals surface area contributed by atoms with E-state index in [1.165, 1.54) is 20.4 Å². The predicted octanol–water partition coefficient (Wildman–Crippen LogP) is 2.63. The number of anilines is 4. The minimum atomic E-state index is -3.54. The summed E-state index contributed by atoms with van der Waals surface area (Å²) in [5, 5.41) is 6.07. The van der Waals surface area contributed by atoms with Gasteiger partial charge < -0.3 is 30.1 Å². The van der Waals surface area contributed by atoms with E-state index >= 15 is 0 Å². The molecule has 5 rings (SSSR count). The molecule has 1 aromatic heterocycles. The van der Waals surface area contributed by atoms with Crippen LogP contribution in [0.3, 0.4) is 0 Å². The zero-order valence-corrected chi connectivity index (χ0v) is 21.1. The van der Waals surface area contributed by atoms with Crippen molar-refractivity contribution in [1.29, 1.82) is 0 Å². The Kier molecular flexibility index (Phi) is 6.61. The van der Waals surface area contributed by atoms with Gasteiger partial charge in [-0.25, -0.2) is 4.98 Å². The molecule has 0 bridgehead atoms. The van der Waals surface area contributed by atoms with Crippen LogP contribution in [0.15, 0.2) is 24.4 Å². The molecule has 10 nitrogen and oxygen atoms in total. The monoisotopic (exact) mass is 515 g/mol. The van der Waals surface area contributed by atoms with Crippen molar-refractivity contribution in [3.63, 3.8) is 0 Å². The van der Waals surface area contributed by atoms with Crippen LogP contribution < -0.4 is 25.2 Å². The standard InChI is InChI=1S/C25H31F2N7O3/c1-32-12-16(13-32)29-22(35)15-8-9-18(20(10-15)37-3)30-24-28-11-19-21(31-24)34(17-6-4-5-7-17)14-25(26,27)23(36)33(19)2/h8-11,16-17H,4-7,12-14H2,1-3H3,(H,29,35)(H,28,30,31). The summed E-state index contributed by atoms with van der Waals surface area (Å²) < 4.78 is 35.1. The number of nitrogens with one attached hydrogen (secondary N) is 2. The molecule has 0 spiro atoms. The van der Waals surface area contributed by atoms with Gasteiger partial charge in [-0.05, 0) is 38.1 Å². The van der Waals surface area contributed by atoms with Gasteiger partial charge in [-0.3, -0.25) is 9.59 Å². The van der Waals surface area contributed by atoms with Crippen LogP contribution in [0.4, 0.5) is 31.9 Å². The number of likely N-dealkylation sites (N-methyl/N-ethyl adjacent to an activating group) is 1. The molecule has 2 N–H and O–H groups in total. The fourth-order valence-electron chi connectivity index (χ4n) is 5.22. The molecule has 2 fully saturated rings. The fourth-order valence-corrected chi connectivity index (χ4v) is 5.22. The Hall–Kier alpha value is -3.54. The summed E-state index contributed by atoms with van der Waals surface area (Å²) in [5.41, 5.74) is 1.20. The summed E-state index contributed by atoms with van der Waals surface area (Å²) >= 11 is 0. The summed E-state index contributed by atoms with van der Waals surface area (Å²) in [7, 11) is 4.80. The van der Waals surface area contributed by atoms with Crippen molar-refractivity contribution in [2.45, 2.75) is 43.7 Å². The van der Waals surface area contributed by atoms with Gasteiger partial charge in [0.2, 0.25) is 5.95 Å². The number of amides is 2. The van der Waals surface area contributed by atoms with Crippen molar-refractivity contribution in [3.05, 3.63) is 30.0 Å². The predicted molar refractivity (Wildman–Crippen MR) is 135 cm³/mol. The number of carbonyl (C=O) groups is 2. The lowest BCUT2D eigenvalue weighted by Crippen LogP contribution is -2.57. The Balaban J connectivity index is 1.42. The van der Waals surface area contributed by atoms with Gasteiger partial charge in [0.25, 0.3) is 11.8 Å². The molecule has 1 aliphatic carbocycles. The Morgan fingerprint density at radius 3 is 2.59 bits per heavy atom. The second-order valence-corrected chi connectivity index (χ2v) is 9.97. The van der Waals surface area contributed by atoms with Crippen molar-refractivity contribution < 1.29 is 23.1 Å². The number of benzene rings is 1. The minimum Gasteiger partial charge on any atom is -0.495 e. The average Bonchev–Trinajstić information content (AvgIpc) is 3.38. The van der Waals surface area contributed by atoms with Gasteiger partial charge in [0, 0.05) is 31.7 Å². The first-order chi connectivity index (χ1) is 17.7. The van der Waals surface area contributed by atoms with E-state index in [1.54, 1.807) is 23.1 Å². The molecule has 0 radical (unpaired) electrons. The molecule has 2 aliphatic heterocycles. The SMILES string of the molecule is COc1cc(C(=O)NC2CN(C)C2)ccc1Nc1ncc2c(n1)N(C1CCCC1)CC(F)(F)C(=O)N2C. The smallest absolute Gasteiger partial charge is 0.342 e. The third kappa shape index (κ3) is 4.89. The zero-order valence-electron chi connectivity index (χ0n) is 21.1. The summed E-state index contributed by atoms with van der Waals surface area (Å²) in [5.74, 6) is -4.14. The molecule has 0 unspecified atom stereocenters. The molecule has 2 aromatic rings. The second-order valence-electron chi connectivity index (χ2n) is 9.97. The molecule has 3 heterocycles. The number of likely N-dealkylation sites (tertiary alicyclic amines) is 1. The van der Waals surface area contributed by atoms with Crippen LogP contribution in [-0.2, 0) is 4.79 Å². The number of carbonyl (C=O) groups excluding carboxylic acids is 2. The maximum Gasteiger partial charge on any atom is 0.342 e. The van der Waals surface area contributed by atoms with Crippen LogP contribution in [0.25, 0.3) is 0 Å². The highest BCUT2D eigenvalue weighted by atomic mass is 19.3. The molecular formula is C25H31F2N7O3. The third-order valence-corrected chi connectivity index (χ3v) is 7.24. The van der Waals surface area contributed by atoms with Crippen molar-refractivity contribution >= 4 is 35.0 Å². The number of rotatable bonds is 6. The number of alkyl halides is 2. The van der Waals surface area contributed by atoms with Crippen LogP contribution in [0.5, 0.6) is 5.75 Å². The largest absolute Gasteiger partial charge is 0.495 e. The molecule has 1 aromatic carbocycles. The molecule has 3 aliphatic rings. The summed E-state index contributed by atoms with van der Waals surface area (Å²) in [6.07, 6.45) is 4.78. The van der Waals surface area contributed by atoms with E-state index in [9.17, 15) is 18.4 Å². The second kappa shape index (κ2) is 9.73. The van der Waals surface area contributed by atoms with Crippen LogP contribution in [0.1, 0.15) is 36.0 Å². The normalized spacial score (nSPS) is 20.3. The molecule has 1 saturated heterocycles. The lowest BCUT2D eigenvalue weighted by Gasteiger charge is -2.36. The van der Waals surface area contributed by atoms with Crippen LogP contribution in [-0.4, -0.2) is 85.5 Å². The van der Waals surface area contributed by atoms with Gasteiger partial charge in [0.1, 0.15) is 11.4 Å². The van der Waals surface area contributed by atoms with Gasteiger partial charge in [-0.2, -0.15) is 13.8 Å². The van der Waals surface area contributed by atoms with Crippen molar-refractivity contribution in [2.75, 3.05) is 56.0 Å². The number of nitrogens with zero attached hydrogens (tertiary/aromatic N) is 5.